The van der Waals surface area contributed by atoms with Gasteiger partial charge in [-0.05, 0) is 25.7 Å². The summed E-state index contributed by atoms with van der Waals surface area (Å²) < 4.78 is 23.4. The molecule has 1 saturated heterocycles. The summed E-state index contributed by atoms with van der Waals surface area (Å²) >= 11 is 0. The lowest BCUT2D eigenvalue weighted by Gasteiger charge is -2.17. The van der Waals surface area contributed by atoms with Crippen LogP contribution >= 0.6 is 0 Å². The molecular formula is C13H25N3O2S. The van der Waals surface area contributed by atoms with Crippen molar-refractivity contribution in [2.45, 2.75) is 62.7 Å². The molecule has 1 unspecified atom stereocenters. The first-order valence-electron chi connectivity index (χ1n) is 7.36. The van der Waals surface area contributed by atoms with E-state index in [9.17, 15) is 8.42 Å². The molecule has 0 amide bonds. The van der Waals surface area contributed by atoms with E-state index in [0.717, 1.165) is 25.7 Å². The lowest BCUT2D eigenvalue weighted by molar-refractivity contribution is 0.529. The molecule has 2 rings (SSSR count). The highest BCUT2D eigenvalue weighted by molar-refractivity contribution is 7.92. The quantitative estimate of drug-likeness (QED) is 0.464. The highest BCUT2D eigenvalue weighted by Gasteiger charge is 2.30. The highest BCUT2D eigenvalue weighted by Crippen LogP contribution is 2.20. The van der Waals surface area contributed by atoms with Gasteiger partial charge < -0.3 is 11.1 Å². The summed E-state index contributed by atoms with van der Waals surface area (Å²) in [4.78, 5) is 4.23. The Bertz CT molecular complexity index is 412. The summed E-state index contributed by atoms with van der Waals surface area (Å²) in [5.74, 6) is 0.720. The van der Waals surface area contributed by atoms with Gasteiger partial charge in [-0.3, -0.25) is 4.99 Å². The lowest BCUT2D eigenvalue weighted by atomic mass is 10.1. The fourth-order valence-electron chi connectivity index (χ4n) is 2.94. The van der Waals surface area contributed by atoms with Crippen molar-refractivity contribution in [2.75, 3.05) is 12.3 Å². The van der Waals surface area contributed by atoms with Crippen LogP contribution in [0.5, 0.6) is 0 Å². The van der Waals surface area contributed by atoms with Crippen LogP contribution in [0.25, 0.3) is 0 Å². The average Bonchev–Trinajstić information content (AvgIpc) is 2.54. The van der Waals surface area contributed by atoms with Crippen molar-refractivity contribution in [1.29, 1.82) is 0 Å². The number of rotatable bonds is 3. The van der Waals surface area contributed by atoms with E-state index in [4.69, 9.17) is 5.73 Å². The van der Waals surface area contributed by atoms with Gasteiger partial charge in [-0.2, -0.15) is 0 Å². The van der Waals surface area contributed by atoms with Gasteiger partial charge in [0.05, 0.1) is 17.5 Å². The fourth-order valence-corrected chi connectivity index (χ4v) is 4.67. The molecule has 1 aliphatic heterocycles. The SMILES string of the molecule is NC(=NCC1CCCS1(=O)=O)NC1CCCCCC1. The summed E-state index contributed by atoms with van der Waals surface area (Å²) in [6.07, 6.45) is 8.84. The molecule has 2 fully saturated rings. The number of aliphatic imine (C=N–C) groups is 1. The van der Waals surface area contributed by atoms with Crippen molar-refractivity contribution >= 4 is 15.8 Å². The van der Waals surface area contributed by atoms with E-state index in [1.807, 2.05) is 0 Å². The molecule has 3 N–H and O–H groups in total. The Kier molecular flexibility index (Phi) is 5.07. The molecule has 1 atom stereocenters. The van der Waals surface area contributed by atoms with Crippen molar-refractivity contribution in [3.05, 3.63) is 0 Å². The molecule has 1 saturated carbocycles. The van der Waals surface area contributed by atoms with Gasteiger partial charge in [0.1, 0.15) is 0 Å². The van der Waals surface area contributed by atoms with E-state index in [0.29, 0.717) is 24.3 Å². The maximum atomic E-state index is 11.7. The number of nitrogens with two attached hydrogens (primary N) is 1. The monoisotopic (exact) mass is 287 g/mol. The van der Waals surface area contributed by atoms with Crippen molar-refractivity contribution in [1.82, 2.24) is 5.32 Å². The molecule has 1 aliphatic carbocycles. The van der Waals surface area contributed by atoms with Crippen LogP contribution in [0, 0.1) is 0 Å². The predicted molar refractivity (Wildman–Crippen MR) is 77.9 cm³/mol. The first-order valence-corrected chi connectivity index (χ1v) is 9.07. The lowest BCUT2D eigenvalue weighted by Crippen LogP contribution is -2.40. The summed E-state index contributed by atoms with van der Waals surface area (Å²) in [5, 5.41) is 2.93. The van der Waals surface area contributed by atoms with Crippen LogP contribution in [0.4, 0.5) is 0 Å². The third kappa shape index (κ3) is 4.37. The van der Waals surface area contributed by atoms with Crippen molar-refractivity contribution in [2.24, 2.45) is 10.7 Å². The molecular weight excluding hydrogens is 262 g/mol. The van der Waals surface area contributed by atoms with Crippen LogP contribution in [0.1, 0.15) is 51.4 Å². The number of guanidine groups is 1. The summed E-state index contributed by atoms with van der Waals surface area (Å²) in [6.45, 7) is 0.313. The molecule has 110 valence electrons. The van der Waals surface area contributed by atoms with Crippen LogP contribution in [0.3, 0.4) is 0 Å². The Morgan fingerprint density at radius 1 is 1.11 bits per heavy atom. The third-order valence-electron chi connectivity index (χ3n) is 4.14. The zero-order chi connectivity index (χ0) is 13.7. The Labute approximate surface area is 116 Å². The van der Waals surface area contributed by atoms with Gasteiger partial charge in [0.15, 0.2) is 15.8 Å². The van der Waals surface area contributed by atoms with E-state index in [-0.39, 0.29) is 5.25 Å². The average molecular weight is 287 g/mol. The molecule has 6 heteroatoms. The van der Waals surface area contributed by atoms with Gasteiger partial charge in [0.2, 0.25) is 0 Å². The molecule has 5 nitrogen and oxygen atoms in total. The Hall–Kier alpha value is -0.780. The van der Waals surface area contributed by atoms with Gasteiger partial charge in [-0.25, -0.2) is 8.42 Å². The van der Waals surface area contributed by atoms with Crippen LogP contribution in [-0.2, 0) is 9.84 Å². The summed E-state index contributed by atoms with van der Waals surface area (Å²) in [5.41, 5.74) is 5.87. The first-order chi connectivity index (χ1) is 9.08. The maximum absolute atomic E-state index is 11.7. The minimum absolute atomic E-state index is 0.309. The van der Waals surface area contributed by atoms with Gasteiger partial charge in [-0.1, -0.05) is 25.7 Å². The van der Waals surface area contributed by atoms with E-state index in [2.05, 4.69) is 10.3 Å². The van der Waals surface area contributed by atoms with Crippen LogP contribution in [0.15, 0.2) is 4.99 Å². The second-order valence-electron chi connectivity index (χ2n) is 5.69. The summed E-state index contributed by atoms with van der Waals surface area (Å²) in [7, 11) is -2.91. The molecule has 0 aromatic rings. The molecule has 0 radical (unpaired) electrons. The Balaban J connectivity index is 1.82. The fraction of sp³-hybridized carbons (Fsp3) is 0.923. The third-order valence-corrected chi connectivity index (χ3v) is 6.39. The number of nitrogens with zero attached hydrogens (tertiary/aromatic N) is 1. The van der Waals surface area contributed by atoms with E-state index < -0.39 is 9.84 Å². The Morgan fingerprint density at radius 3 is 2.37 bits per heavy atom. The standard InChI is InChI=1S/C13H25N3O2S/c14-13(16-11-6-3-1-2-4-7-11)15-10-12-8-5-9-19(12,17)18/h11-12H,1-10H2,(H3,14,15,16). The summed E-state index contributed by atoms with van der Waals surface area (Å²) in [6, 6.07) is 0.409. The molecule has 0 aromatic heterocycles. The van der Waals surface area contributed by atoms with E-state index >= 15 is 0 Å². The van der Waals surface area contributed by atoms with E-state index in [1.165, 1.54) is 25.7 Å². The maximum Gasteiger partial charge on any atom is 0.188 e. The molecule has 0 aromatic carbocycles. The van der Waals surface area contributed by atoms with Crippen molar-refractivity contribution in [3.63, 3.8) is 0 Å². The molecule has 1 heterocycles. The first kappa shape index (κ1) is 14.6. The normalized spacial score (nSPS) is 29.1. The van der Waals surface area contributed by atoms with Gasteiger partial charge in [-0.15, -0.1) is 0 Å². The molecule has 0 spiro atoms. The molecule has 19 heavy (non-hydrogen) atoms. The number of sulfone groups is 1. The number of hydrogen-bond acceptors (Lipinski definition) is 3. The smallest absolute Gasteiger partial charge is 0.188 e. The minimum atomic E-state index is -2.91. The number of nitrogens with one attached hydrogen (secondary N) is 1. The van der Waals surface area contributed by atoms with Crippen molar-refractivity contribution < 1.29 is 8.42 Å². The van der Waals surface area contributed by atoms with Gasteiger partial charge in [0, 0.05) is 6.04 Å². The topological polar surface area (TPSA) is 84.5 Å². The van der Waals surface area contributed by atoms with Crippen LogP contribution in [0.2, 0.25) is 0 Å². The second-order valence-corrected chi connectivity index (χ2v) is 8.09. The Morgan fingerprint density at radius 2 is 1.79 bits per heavy atom. The zero-order valence-corrected chi connectivity index (χ0v) is 12.3. The van der Waals surface area contributed by atoms with Crippen molar-refractivity contribution in [3.8, 4) is 0 Å². The van der Waals surface area contributed by atoms with Crippen LogP contribution < -0.4 is 11.1 Å². The largest absolute Gasteiger partial charge is 0.370 e. The van der Waals surface area contributed by atoms with Gasteiger partial charge >= 0.3 is 0 Å². The molecule has 2 aliphatic rings. The zero-order valence-electron chi connectivity index (χ0n) is 11.5. The second kappa shape index (κ2) is 6.59. The van der Waals surface area contributed by atoms with Crippen LogP contribution in [-0.4, -0.2) is 38.0 Å². The number of hydrogen-bond donors (Lipinski definition) is 2. The van der Waals surface area contributed by atoms with Gasteiger partial charge in [0.25, 0.3) is 0 Å². The molecule has 0 bridgehead atoms. The highest BCUT2D eigenvalue weighted by atomic mass is 32.2. The minimum Gasteiger partial charge on any atom is -0.370 e. The van der Waals surface area contributed by atoms with E-state index in [1.54, 1.807) is 0 Å². The predicted octanol–water partition coefficient (Wildman–Crippen LogP) is 1.19.